The van der Waals surface area contributed by atoms with Crippen molar-refractivity contribution < 1.29 is 33.4 Å². The molecule has 17 heteroatoms. The predicted octanol–water partition coefficient (Wildman–Crippen LogP) is 2.58. The Morgan fingerprint density at radius 1 is 0.844 bits per heavy atom. The third-order valence-electron chi connectivity index (χ3n) is 10.5. The number of ether oxygens (including phenoxy) is 2. The molecule has 4 aromatic carbocycles. The van der Waals surface area contributed by atoms with Gasteiger partial charge in [0.15, 0.2) is 5.82 Å². The highest BCUT2D eigenvalue weighted by atomic mass is 16.5. The molecule has 0 saturated heterocycles. The van der Waals surface area contributed by atoms with E-state index in [0.29, 0.717) is 45.3 Å². The summed E-state index contributed by atoms with van der Waals surface area (Å²) in [4.78, 5) is 78.9. The van der Waals surface area contributed by atoms with Crippen LogP contribution in [0.2, 0.25) is 0 Å². The lowest BCUT2D eigenvalue weighted by Crippen LogP contribution is -2.55. The van der Waals surface area contributed by atoms with Crippen LogP contribution < -0.4 is 42.2 Å². The van der Waals surface area contributed by atoms with E-state index in [1.807, 2.05) is 60.7 Å². The number of likely N-dealkylation sites (N-methyl/N-ethyl adjacent to an activating group) is 1. The second-order valence-electron chi connectivity index (χ2n) is 15.0. The molecule has 0 aliphatic carbocycles. The van der Waals surface area contributed by atoms with Gasteiger partial charge in [0, 0.05) is 49.4 Å². The van der Waals surface area contributed by atoms with E-state index < -0.39 is 54.2 Å². The van der Waals surface area contributed by atoms with Crippen LogP contribution in [0.3, 0.4) is 0 Å². The maximum absolute atomic E-state index is 14.3. The van der Waals surface area contributed by atoms with E-state index >= 15 is 0 Å². The molecule has 0 radical (unpaired) electrons. The number of nitriles is 1. The Morgan fingerprint density at radius 3 is 2.14 bits per heavy atom. The van der Waals surface area contributed by atoms with Crippen LogP contribution in [-0.2, 0) is 25.6 Å². The first-order valence-corrected chi connectivity index (χ1v) is 20.6. The molecule has 64 heavy (non-hydrogen) atoms. The van der Waals surface area contributed by atoms with Crippen LogP contribution in [0.25, 0.3) is 33.6 Å². The first-order valence-electron chi connectivity index (χ1n) is 20.6. The molecule has 2 unspecified atom stereocenters. The van der Waals surface area contributed by atoms with Gasteiger partial charge in [-0.15, -0.1) is 0 Å². The largest absolute Gasteiger partial charge is 0.492 e. The average molecular weight is 867 g/mol. The monoisotopic (exact) mass is 866 g/mol. The molecule has 6 rings (SSSR count). The van der Waals surface area contributed by atoms with Crippen molar-refractivity contribution in [1.29, 1.82) is 5.26 Å². The molecular formula is C47H50N10O7. The molecular weight excluding hydrogens is 817 g/mol. The summed E-state index contributed by atoms with van der Waals surface area (Å²) < 4.78 is 12.1. The smallest absolute Gasteiger partial charge is 0.255 e. The highest BCUT2D eigenvalue weighted by Crippen LogP contribution is 2.40. The molecule has 3 atom stereocenters. The molecule has 2 heterocycles. The van der Waals surface area contributed by atoms with Gasteiger partial charge in [-0.3, -0.25) is 24.0 Å². The fourth-order valence-corrected chi connectivity index (χ4v) is 7.12. The lowest BCUT2D eigenvalue weighted by atomic mass is 9.93. The molecule has 1 aliphatic heterocycles. The van der Waals surface area contributed by atoms with E-state index in [4.69, 9.17) is 26.2 Å². The molecule has 330 valence electrons. The Morgan fingerprint density at radius 2 is 1.48 bits per heavy atom. The Bertz CT molecular complexity index is 2550. The molecule has 1 aliphatic rings. The number of fused-ring (bicyclic) bond motifs is 5. The van der Waals surface area contributed by atoms with Crippen molar-refractivity contribution in [2.75, 3.05) is 46.4 Å². The quantitative estimate of drug-likeness (QED) is 0.0881. The Balaban J connectivity index is 1.30. The number of hydrogen-bond donors (Lipinski definition) is 6. The first kappa shape index (κ1) is 45.8. The second-order valence-corrected chi connectivity index (χ2v) is 15.0. The first-order chi connectivity index (χ1) is 30.9. The van der Waals surface area contributed by atoms with E-state index in [0.717, 1.165) is 21.6 Å². The molecule has 0 saturated carbocycles. The van der Waals surface area contributed by atoms with Gasteiger partial charge in [-0.25, -0.2) is 9.97 Å². The van der Waals surface area contributed by atoms with Crippen LogP contribution in [0.5, 0.6) is 11.5 Å². The number of carbonyl (C=O) groups excluding carboxylic acids is 5. The van der Waals surface area contributed by atoms with E-state index in [-0.39, 0.29) is 44.8 Å². The van der Waals surface area contributed by atoms with Crippen LogP contribution >= 0.6 is 0 Å². The fourth-order valence-electron chi connectivity index (χ4n) is 7.12. The van der Waals surface area contributed by atoms with Gasteiger partial charge in [-0.05, 0) is 60.4 Å². The zero-order chi connectivity index (χ0) is 45.8. The maximum Gasteiger partial charge on any atom is 0.255 e. The maximum atomic E-state index is 14.3. The van der Waals surface area contributed by atoms with E-state index in [1.54, 1.807) is 43.3 Å². The summed E-state index contributed by atoms with van der Waals surface area (Å²) in [7, 11) is 1.41. The number of nitrogens with one attached hydrogen (secondary N) is 4. The Hall–Kier alpha value is -7.68. The van der Waals surface area contributed by atoms with Gasteiger partial charge in [0.05, 0.1) is 23.9 Å². The molecule has 1 aromatic heterocycles. The van der Waals surface area contributed by atoms with Crippen molar-refractivity contribution in [1.82, 2.24) is 36.1 Å². The predicted molar refractivity (Wildman–Crippen MR) is 238 cm³/mol. The van der Waals surface area contributed by atoms with Crippen LogP contribution in [0.1, 0.15) is 40.1 Å². The van der Waals surface area contributed by atoms with E-state index in [2.05, 4.69) is 31.2 Å². The molecule has 4 bridgehead atoms. The van der Waals surface area contributed by atoms with Gasteiger partial charge >= 0.3 is 0 Å². The van der Waals surface area contributed by atoms with Crippen LogP contribution in [-0.4, -0.2) is 103 Å². The van der Waals surface area contributed by atoms with Crippen molar-refractivity contribution >= 4 is 29.5 Å². The molecule has 5 amide bonds. The third kappa shape index (κ3) is 11.0. The highest BCUT2D eigenvalue weighted by molar-refractivity contribution is 5.99. The Labute approximate surface area is 370 Å². The zero-order valence-electron chi connectivity index (χ0n) is 35.7. The van der Waals surface area contributed by atoms with Crippen LogP contribution in [0, 0.1) is 18.3 Å². The van der Waals surface area contributed by atoms with Crippen molar-refractivity contribution in [2.24, 2.45) is 11.5 Å². The highest BCUT2D eigenvalue weighted by Gasteiger charge is 2.33. The minimum absolute atomic E-state index is 0.0108. The van der Waals surface area contributed by atoms with Gasteiger partial charge in [0.2, 0.25) is 23.6 Å². The number of carbonyl (C=O) groups is 5. The minimum atomic E-state index is -1.35. The molecule has 8 N–H and O–H groups in total. The number of aromatic nitrogens is 2. The van der Waals surface area contributed by atoms with Gasteiger partial charge in [-0.1, -0.05) is 66.7 Å². The summed E-state index contributed by atoms with van der Waals surface area (Å²) in [5.74, 6) is -2.08. The number of nitrogens with zero attached hydrogens (tertiary/aromatic N) is 4. The molecule has 17 nitrogen and oxygen atoms in total. The van der Waals surface area contributed by atoms with Crippen LogP contribution in [0.4, 0.5) is 0 Å². The third-order valence-corrected chi connectivity index (χ3v) is 10.5. The summed E-state index contributed by atoms with van der Waals surface area (Å²) in [5.41, 5.74) is 16.9. The van der Waals surface area contributed by atoms with E-state index in [9.17, 15) is 24.0 Å². The minimum Gasteiger partial charge on any atom is -0.492 e. The fraction of sp³-hybridized carbons (Fsp3) is 0.277. The number of nitrogens with two attached hydrogens (primary N) is 2. The van der Waals surface area contributed by atoms with Crippen molar-refractivity contribution in [3.8, 4) is 51.2 Å². The van der Waals surface area contributed by atoms with Gasteiger partial charge in [0.25, 0.3) is 5.91 Å². The van der Waals surface area contributed by atoms with Gasteiger partial charge in [-0.2, -0.15) is 5.26 Å². The SMILES string of the molecule is Cc1nc(-c2ccc(-c3ccccc3)cc2)ncc1C(=O)NCC(=O)N(C)C1C(=O)N[C@@H](C)C(=O)NC(C(=O)NCC#N)Cc2ccc(OCCN)c(c2)-c2cc1ccc2OCCN. The standard InChI is InChI=1S/C47H50N10O7/c1-28-37(26-52-43(54-28)33-12-10-32(11-13-33)31-7-5-4-6-8-31)45(60)53-27-41(58)57(3)42-34-14-16-40(64-22-19-50)36(25-34)35-23-30(9-15-39(35)63-21-18-49)24-38(46(61)51-20-17-48)56-44(59)29(2)55-47(42)62/h4-16,23,25-26,29,38,42H,18-22,24,27,49-50H2,1-3H3,(H,51,61)(H,53,60)(H,55,62)(H,56,59)/t29-,38?,42?/m0/s1. The Kier molecular flexibility index (Phi) is 15.3. The van der Waals surface area contributed by atoms with Gasteiger partial charge < -0.3 is 47.1 Å². The number of benzene rings is 4. The van der Waals surface area contributed by atoms with Crippen molar-refractivity contribution in [2.45, 2.75) is 38.4 Å². The summed E-state index contributed by atoms with van der Waals surface area (Å²) >= 11 is 0. The zero-order valence-corrected chi connectivity index (χ0v) is 35.7. The molecule has 0 fully saturated rings. The summed E-state index contributed by atoms with van der Waals surface area (Å²) in [6.45, 7) is 3.01. The summed E-state index contributed by atoms with van der Waals surface area (Å²) in [5, 5.41) is 19.6. The topological polar surface area (TPSA) is 257 Å². The van der Waals surface area contributed by atoms with Crippen molar-refractivity contribution in [3.05, 3.63) is 120 Å². The molecule has 5 aromatic rings. The summed E-state index contributed by atoms with van der Waals surface area (Å²) in [6.07, 6.45) is 1.41. The lowest BCUT2D eigenvalue weighted by Gasteiger charge is -2.30. The van der Waals surface area contributed by atoms with Crippen molar-refractivity contribution in [3.63, 3.8) is 0 Å². The van der Waals surface area contributed by atoms with Gasteiger partial charge in [0.1, 0.15) is 49.4 Å². The normalized spacial score (nSPS) is 15.9. The number of amides is 5. The number of rotatable bonds is 14. The lowest BCUT2D eigenvalue weighted by molar-refractivity contribution is -0.139. The van der Waals surface area contributed by atoms with E-state index in [1.165, 1.54) is 20.2 Å². The summed E-state index contributed by atoms with van der Waals surface area (Å²) in [6, 6.07) is 26.0. The van der Waals surface area contributed by atoms with Crippen LogP contribution in [0.15, 0.2) is 97.2 Å². The number of hydrogen-bond acceptors (Lipinski definition) is 12. The molecule has 0 spiro atoms. The average Bonchev–Trinajstić information content (AvgIpc) is 3.31. The second kappa shape index (κ2) is 21.4. The number of aryl methyl sites for hydroxylation is 1.